The van der Waals surface area contributed by atoms with Gasteiger partial charge in [0.15, 0.2) is 5.78 Å². The number of ether oxygens (including phenoxy) is 4. The van der Waals surface area contributed by atoms with Gasteiger partial charge in [0.25, 0.3) is 0 Å². The molecule has 338 valence electrons. The second-order valence-electron chi connectivity index (χ2n) is 13.1. The number of likely N-dealkylation sites (tertiary alicyclic amines) is 1. The van der Waals surface area contributed by atoms with E-state index in [1.807, 2.05) is 3.63 Å². The lowest BCUT2D eigenvalue weighted by atomic mass is 9.97. The van der Waals surface area contributed by atoms with Gasteiger partial charge in [-0.3, -0.25) is 9.59 Å². The van der Waals surface area contributed by atoms with Gasteiger partial charge in [0.2, 0.25) is 0 Å². The molecule has 0 aliphatic carbocycles. The highest BCUT2D eigenvalue weighted by atomic mass is 32.3. The number of alkyl halides is 9. The van der Waals surface area contributed by atoms with Crippen molar-refractivity contribution in [2.24, 2.45) is 5.92 Å². The molecule has 2 rings (SSSR count). The molecule has 2 heterocycles. The van der Waals surface area contributed by atoms with E-state index in [1.54, 1.807) is 41.5 Å². The van der Waals surface area contributed by atoms with Gasteiger partial charge in [-0.2, -0.15) is 64.8 Å². The highest BCUT2D eigenvalue weighted by Gasteiger charge is 2.57. The maximum Gasteiger partial charge on any atom is 0.534 e. The highest BCUT2D eigenvalue weighted by molar-refractivity contribution is 8.00. The number of carbonyl (C=O) groups is 5. The van der Waals surface area contributed by atoms with Crippen LogP contribution in [-0.4, -0.2) is 133 Å². The first-order valence-electron chi connectivity index (χ1n) is 15.3. The first-order valence-corrected chi connectivity index (χ1v) is 19.6. The van der Waals surface area contributed by atoms with Gasteiger partial charge < -0.3 is 32.9 Å². The minimum Gasteiger partial charge on any atom is -0.468 e. The number of halogens is 9. The van der Waals surface area contributed by atoms with E-state index >= 15 is 0 Å². The molecule has 0 N–H and O–H groups in total. The van der Waals surface area contributed by atoms with Crippen molar-refractivity contribution < 1.29 is 115 Å². The molecule has 0 spiro atoms. The molecule has 0 aromatic carbocycles. The summed E-state index contributed by atoms with van der Waals surface area (Å²) >= 11 is 0. The van der Waals surface area contributed by atoms with Crippen molar-refractivity contribution in [1.29, 1.82) is 0 Å². The van der Waals surface area contributed by atoms with Crippen LogP contribution in [0.2, 0.25) is 0 Å². The number of Topliss-reactive ketones (excluding diaryl/α,β-unsaturated/α-hetero) is 1. The summed E-state index contributed by atoms with van der Waals surface area (Å²) in [4.78, 5) is 61.0. The first kappa shape index (κ1) is 53.9. The number of amides is 2. The van der Waals surface area contributed by atoms with Gasteiger partial charge in [0.1, 0.15) is 22.9 Å². The van der Waals surface area contributed by atoms with Crippen molar-refractivity contribution in [3.63, 3.8) is 0 Å². The van der Waals surface area contributed by atoms with Crippen molar-refractivity contribution in [1.82, 2.24) is 9.80 Å². The fourth-order valence-corrected chi connectivity index (χ4v) is 5.77. The zero-order valence-electron chi connectivity index (χ0n) is 31.3. The maximum atomic E-state index is 12.5. The molecule has 2 aliphatic rings. The lowest BCUT2D eigenvalue weighted by molar-refractivity contribution is -0.151. The summed E-state index contributed by atoms with van der Waals surface area (Å²) in [5.74, 6) is -3.52. The Kier molecular flexibility index (Phi) is 17.9. The third kappa shape index (κ3) is 16.6. The van der Waals surface area contributed by atoms with E-state index in [0.717, 1.165) is 12.0 Å². The quantitative estimate of drug-likeness (QED) is 0.0921. The molecule has 2 aliphatic heterocycles. The van der Waals surface area contributed by atoms with Gasteiger partial charge in [-0.1, -0.05) is 0 Å². The number of hydrogen-bond acceptors (Lipinski definition) is 17. The number of nitrogens with zero attached hydrogens (tertiary/aromatic N) is 2. The molecule has 0 radical (unpaired) electrons. The fourth-order valence-electron chi connectivity index (χ4n) is 3.67. The molecule has 2 amide bonds. The van der Waals surface area contributed by atoms with E-state index in [-0.39, 0.29) is 31.8 Å². The van der Waals surface area contributed by atoms with Crippen molar-refractivity contribution >= 4 is 60.3 Å². The number of methoxy groups -OCH3 is 2. The smallest absolute Gasteiger partial charge is 0.468 e. The normalized spacial score (nSPS) is 17.5. The molecule has 1 unspecified atom stereocenters. The summed E-state index contributed by atoms with van der Waals surface area (Å²) in [6, 6.07) is 0. The topological polar surface area (TPSA) is 250 Å². The second-order valence-corrected chi connectivity index (χ2v) is 17.9. The zero-order valence-corrected chi connectivity index (χ0v) is 33.7. The molecule has 1 saturated heterocycles. The second kappa shape index (κ2) is 19.3. The lowest BCUT2D eigenvalue weighted by Gasteiger charge is -2.32. The Morgan fingerprint density at radius 3 is 1.38 bits per heavy atom. The number of carbonyl (C=O) groups excluding carboxylic acids is 5. The van der Waals surface area contributed by atoms with Crippen LogP contribution in [0.25, 0.3) is 0 Å². The Balaban J connectivity index is 0.000000874. The number of piperidine rings is 1. The average molecular weight is 929 g/mol. The SMILES string of the molecule is COC(=O)C1=C(OS(=O)(=O)C(F)(F)F)CCN(C(=O)OC(C)(C)C)C1.COC(=O)C1CN(C(=O)OC(C)(C)C)CCC1=O.O=S(=O)(OS(=O)(=O)C(F)(F)F)C(F)(F)F. The van der Waals surface area contributed by atoms with Crippen molar-refractivity contribution in [3.8, 4) is 0 Å². The zero-order chi connectivity index (χ0) is 46.3. The van der Waals surface area contributed by atoms with Gasteiger partial charge in [-0.05, 0) is 41.5 Å². The van der Waals surface area contributed by atoms with Crippen molar-refractivity contribution in [3.05, 3.63) is 11.3 Å². The average Bonchev–Trinajstić information content (AvgIpc) is 3.01. The van der Waals surface area contributed by atoms with Crippen LogP contribution in [0.3, 0.4) is 0 Å². The minimum absolute atomic E-state index is 0.0282. The molecular weight excluding hydrogens is 891 g/mol. The van der Waals surface area contributed by atoms with E-state index in [4.69, 9.17) is 9.47 Å². The predicted molar refractivity (Wildman–Crippen MR) is 171 cm³/mol. The van der Waals surface area contributed by atoms with Crippen LogP contribution in [0, 0.1) is 5.92 Å². The number of rotatable bonds is 6. The van der Waals surface area contributed by atoms with Crippen LogP contribution in [0.1, 0.15) is 54.4 Å². The Morgan fingerprint density at radius 1 is 0.621 bits per heavy atom. The van der Waals surface area contributed by atoms with Gasteiger partial charge >= 0.3 is 71.0 Å². The standard InChI is InChI=1S/C13H18F3NO7S.C12H19NO5.C2F6O5S2/c1-12(2,3)23-11(19)17-6-5-9(8(7-17)10(18)22-4)24-25(20,21)13(14,15)16;1-12(2,3)18-11(16)13-6-5-9(14)8(7-13)10(15)17-4;3-1(4,5)14(9,10)13-15(11,12)2(6,7)8/h5-7H2,1-4H3;8H,5-7H2,1-4H3;. The molecule has 0 aromatic rings. The third-order valence-electron chi connectivity index (χ3n) is 6.17. The monoisotopic (exact) mass is 928 g/mol. The Bertz CT molecular complexity index is 1850. The molecule has 1 atom stereocenters. The molecule has 0 saturated carbocycles. The largest absolute Gasteiger partial charge is 0.534 e. The van der Waals surface area contributed by atoms with Gasteiger partial charge in [0, 0.05) is 32.5 Å². The summed E-state index contributed by atoms with van der Waals surface area (Å²) in [5, 5.41) is 0. The number of ketones is 1. The molecule has 58 heavy (non-hydrogen) atoms. The Hall–Kier alpha value is -4.13. The molecule has 19 nitrogen and oxygen atoms in total. The first-order chi connectivity index (χ1) is 25.6. The molecule has 0 aromatic heterocycles. The van der Waals surface area contributed by atoms with Crippen LogP contribution < -0.4 is 0 Å². The van der Waals surface area contributed by atoms with Crippen molar-refractivity contribution in [2.75, 3.05) is 40.4 Å². The van der Waals surface area contributed by atoms with Crippen LogP contribution in [0.4, 0.5) is 49.1 Å². The highest BCUT2D eigenvalue weighted by Crippen LogP contribution is 2.33. The predicted octanol–water partition coefficient (Wildman–Crippen LogP) is 3.61. The van der Waals surface area contributed by atoms with E-state index in [0.29, 0.717) is 0 Å². The van der Waals surface area contributed by atoms with Crippen molar-refractivity contribution in [2.45, 2.75) is 82.1 Å². The van der Waals surface area contributed by atoms with Gasteiger partial charge in [-0.15, -0.1) is 3.63 Å². The number of esters is 2. The van der Waals surface area contributed by atoms with Crippen LogP contribution >= 0.6 is 0 Å². The number of hydrogen-bond donors (Lipinski definition) is 0. The summed E-state index contributed by atoms with van der Waals surface area (Å²) in [7, 11) is -17.5. The fraction of sp³-hybridized carbons (Fsp3) is 0.741. The van der Waals surface area contributed by atoms with Crippen LogP contribution in [-0.2, 0) is 71.5 Å². The molecule has 31 heteroatoms. The lowest BCUT2D eigenvalue weighted by Crippen LogP contribution is -2.48. The molecular formula is C27H37F9N2O17S3. The van der Waals surface area contributed by atoms with Crippen LogP contribution in [0.5, 0.6) is 0 Å². The third-order valence-corrected chi connectivity index (χ3v) is 9.73. The summed E-state index contributed by atoms with van der Waals surface area (Å²) < 4.78 is 193. The van der Waals surface area contributed by atoms with E-state index < -0.39 is 112 Å². The van der Waals surface area contributed by atoms with Gasteiger partial charge in [-0.25, -0.2) is 14.4 Å². The summed E-state index contributed by atoms with van der Waals surface area (Å²) in [6.45, 7) is 9.71. The maximum absolute atomic E-state index is 12.5. The van der Waals surface area contributed by atoms with E-state index in [9.17, 15) is 88.7 Å². The van der Waals surface area contributed by atoms with Gasteiger partial charge in [0.05, 0.1) is 26.3 Å². The van der Waals surface area contributed by atoms with Crippen LogP contribution in [0.15, 0.2) is 11.3 Å². The Labute approximate surface area is 325 Å². The summed E-state index contributed by atoms with van der Waals surface area (Å²) in [6.07, 6.45) is -1.60. The minimum atomic E-state index is -6.85. The Morgan fingerprint density at radius 2 is 1.02 bits per heavy atom. The van der Waals surface area contributed by atoms with E-state index in [2.05, 4.69) is 13.7 Å². The molecule has 1 fully saturated rings. The molecule has 0 bridgehead atoms. The van der Waals surface area contributed by atoms with E-state index in [1.165, 1.54) is 12.0 Å². The summed E-state index contributed by atoms with van der Waals surface area (Å²) in [5.41, 5.74) is -20.1.